The second-order valence-electron chi connectivity index (χ2n) is 3.51. The summed E-state index contributed by atoms with van der Waals surface area (Å²) in [5, 5.41) is 1.35. The molecule has 70 valence electrons. The number of halogens is 3. The van der Waals surface area contributed by atoms with E-state index in [-0.39, 0.29) is 11.2 Å². The van der Waals surface area contributed by atoms with Crippen molar-refractivity contribution in [3.8, 4) is 0 Å². The summed E-state index contributed by atoms with van der Waals surface area (Å²) in [6.07, 6.45) is 2.05. The van der Waals surface area contributed by atoms with Crippen molar-refractivity contribution in [3.05, 3.63) is 34.6 Å². The van der Waals surface area contributed by atoms with Gasteiger partial charge in [-0.3, -0.25) is 0 Å². The molecule has 1 aliphatic carbocycles. The van der Waals surface area contributed by atoms with Crippen molar-refractivity contribution >= 4 is 27.5 Å². The Kier molecular flexibility index (Phi) is 2.37. The highest BCUT2D eigenvalue weighted by Gasteiger charge is 2.46. The lowest BCUT2D eigenvalue weighted by molar-refractivity contribution is 0.589. The van der Waals surface area contributed by atoms with Gasteiger partial charge in [0.2, 0.25) is 0 Å². The average molecular weight is 264 g/mol. The molecule has 0 unspecified atom stereocenters. The Morgan fingerprint density at radius 3 is 2.62 bits per heavy atom. The molecule has 1 saturated carbocycles. The molecule has 2 rings (SSSR count). The maximum atomic E-state index is 13.5. The number of benzene rings is 1. The number of hydrogen-bond acceptors (Lipinski definition) is 0. The predicted octanol–water partition coefficient (Wildman–Crippen LogP) is 3.91. The van der Waals surface area contributed by atoms with Crippen molar-refractivity contribution in [1.29, 1.82) is 0 Å². The highest BCUT2D eigenvalue weighted by atomic mass is 79.9. The lowest BCUT2D eigenvalue weighted by atomic mass is 9.98. The van der Waals surface area contributed by atoms with E-state index in [1.165, 1.54) is 6.07 Å². The fraction of sp³-hybridized carbons (Fsp3) is 0.400. The van der Waals surface area contributed by atoms with Crippen LogP contribution >= 0.6 is 27.5 Å². The molecule has 0 amide bonds. The largest absolute Gasteiger partial charge is 0.207 e. The van der Waals surface area contributed by atoms with Crippen LogP contribution in [0, 0.1) is 5.82 Å². The average Bonchev–Trinajstić information content (AvgIpc) is 2.85. The second-order valence-corrected chi connectivity index (χ2v) is 4.48. The Morgan fingerprint density at radius 2 is 2.15 bits per heavy atom. The van der Waals surface area contributed by atoms with E-state index >= 15 is 0 Å². The van der Waals surface area contributed by atoms with Crippen LogP contribution in [0.5, 0.6) is 0 Å². The molecule has 0 spiro atoms. The zero-order chi connectivity index (χ0) is 9.47. The molecule has 1 aromatic rings. The van der Waals surface area contributed by atoms with Gasteiger partial charge in [0, 0.05) is 21.3 Å². The van der Waals surface area contributed by atoms with Gasteiger partial charge in [0.1, 0.15) is 5.82 Å². The van der Waals surface area contributed by atoms with Crippen molar-refractivity contribution < 1.29 is 4.39 Å². The topological polar surface area (TPSA) is 0 Å². The first kappa shape index (κ1) is 9.47. The Morgan fingerprint density at radius 1 is 1.46 bits per heavy atom. The van der Waals surface area contributed by atoms with Gasteiger partial charge in [-0.1, -0.05) is 33.6 Å². The Hall–Kier alpha value is -0.0800. The second kappa shape index (κ2) is 3.25. The van der Waals surface area contributed by atoms with Crippen molar-refractivity contribution in [2.45, 2.75) is 18.3 Å². The lowest BCUT2D eigenvalue weighted by Gasteiger charge is -2.14. The molecule has 1 aromatic carbocycles. The van der Waals surface area contributed by atoms with Crippen LogP contribution in [-0.2, 0) is 5.41 Å². The molecule has 1 aliphatic rings. The minimum absolute atomic E-state index is 0.0254. The number of alkyl halides is 1. The summed E-state index contributed by atoms with van der Waals surface area (Å²) in [5.74, 6) is -0.176. The minimum atomic E-state index is -0.176. The van der Waals surface area contributed by atoms with Crippen molar-refractivity contribution in [2.75, 3.05) is 5.33 Å². The van der Waals surface area contributed by atoms with Gasteiger partial charge in [0.15, 0.2) is 0 Å². The van der Waals surface area contributed by atoms with E-state index in [1.54, 1.807) is 12.1 Å². The van der Waals surface area contributed by atoms with Gasteiger partial charge in [-0.15, -0.1) is 0 Å². The molecule has 3 heteroatoms. The van der Waals surface area contributed by atoms with Crippen molar-refractivity contribution in [3.63, 3.8) is 0 Å². The summed E-state index contributed by atoms with van der Waals surface area (Å²) >= 11 is 9.39. The summed E-state index contributed by atoms with van der Waals surface area (Å²) in [7, 11) is 0. The van der Waals surface area contributed by atoms with E-state index in [1.807, 2.05) is 0 Å². The standard InChI is InChI=1S/C10H9BrClF/c11-6-10(4-5-10)9-7(12)2-1-3-8(9)13/h1-3H,4-6H2. The van der Waals surface area contributed by atoms with Gasteiger partial charge in [0.25, 0.3) is 0 Å². The van der Waals surface area contributed by atoms with Gasteiger partial charge < -0.3 is 0 Å². The summed E-state index contributed by atoms with van der Waals surface area (Å²) in [5.41, 5.74) is 0.663. The summed E-state index contributed by atoms with van der Waals surface area (Å²) < 4.78 is 13.5. The van der Waals surface area contributed by atoms with E-state index in [0.29, 0.717) is 10.6 Å². The van der Waals surface area contributed by atoms with Gasteiger partial charge in [-0.25, -0.2) is 4.39 Å². The third-order valence-corrected chi connectivity index (χ3v) is 3.99. The lowest BCUT2D eigenvalue weighted by Crippen LogP contribution is -2.11. The molecule has 0 aromatic heterocycles. The molecule has 0 radical (unpaired) electrons. The Balaban J connectivity index is 2.50. The first-order valence-corrected chi connectivity index (χ1v) is 5.70. The SMILES string of the molecule is Fc1cccc(Cl)c1C1(CBr)CC1. The summed E-state index contributed by atoms with van der Waals surface area (Å²) in [6, 6.07) is 4.87. The molecule has 0 aliphatic heterocycles. The number of rotatable bonds is 2. The molecule has 0 bridgehead atoms. The van der Waals surface area contributed by atoms with E-state index in [9.17, 15) is 4.39 Å². The van der Waals surface area contributed by atoms with Crippen LogP contribution < -0.4 is 0 Å². The molecule has 1 fully saturated rings. The van der Waals surface area contributed by atoms with Crippen LogP contribution in [0.25, 0.3) is 0 Å². The molecule has 0 atom stereocenters. The van der Waals surface area contributed by atoms with E-state index in [4.69, 9.17) is 11.6 Å². The fourth-order valence-corrected chi connectivity index (χ4v) is 2.81. The zero-order valence-electron chi connectivity index (χ0n) is 6.99. The zero-order valence-corrected chi connectivity index (χ0v) is 9.33. The van der Waals surface area contributed by atoms with E-state index in [0.717, 1.165) is 18.2 Å². The highest BCUT2D eigenvalue weighted by molar-refractivity contribution is 9.09. The van der Waals surface area contributed by atoms with Crippen LogP contribution in [0.1, 0.15) is 18.4 Å². The molecule has 0 saturated heterocycles. The van der Waals surface area contributed by atoms with Gasteiger partial charge in [0.05, 0.1) is 0 Å². The molecule has 0 N–H and O–H groups in total. The molecular weight excluding hydrogens is 254 g/mol. The molecule has 0 heterocycles. The number of hydrogen-bond donors (Lipinski definition) is 0. The Bertz CT molecular complexity index is 313. The fourth-order valence-electron chi connectivity index (χ4n) is 1.61. The van der Waals surface area contributed by atoms with Crippen LogP contribution in [0.2, 0.25) is 5.02 Å². The van der Waals surface area contributed by atoms with Crippen molar-refractivity contribution in [2.24, 2.45) is 0 Å². The monoisotopic (exact) mass is 262 g/mol. The van der Waals surface area contributed by atoms with Gasteiger partial charge >= 0.3 is 0 Å². The maximum Gasteiger partial charge on any atom is 0.128 e. The minimum Gasteiger partial charge on any atom is -0.207 e. The van der Waals surface area contributed by atoms with Crippen LogP contribution in [-0.4, -0.2) is 5.33 Å². The first-order chi connectivity index (χ1) is 6.19. The molecular formula is C10H9BrClF. The Labute approximate surface area is 90.2 Å². The predicted molar refractivity (Wildman–Crippen MR) is 56.1 cm³/mol. The quantitative estimate of drug-likeness (QED) is 0.710. The normalized spacial score (nSPS) is 18.7. The van der Waals surface area contributed by atoms with Crippen molar-refractivity contribution in [1.82, 2.24) is 0 Å². The molecule has 0 nitrogen and oxygen atoms in total. The third-order valence-electron chi connectivity index (χ3n) is 2.60. The van der Waals surface area contributed by atoms with Gasteiger partial charge in [-0.05, 0) is 25.0 Å². The summed E-state index contributed by atoms with van der Waals surface area (Å²) in [4.78, 5) is 0. The van der Waals surface area contributed by atoms with Gasteiger partial charge in [-0.2, -0.15) is 0 Å². The third kappa shape index (κ3) is 1.50. The van der Waals surface area contributed by atoms with E-state index in [2.05, 4.69) is 15.9 Å². The van der Waals surface area contributed by atoms with Crippen LogP contribution in [0.4, 0.5) is 4.39 Å². The highest BCUT2D eigenvalue weighted by Crippen LogP contribution is 2.52. The molecule has 13 heavy (non-hydrogen) atoms. The van der Waals surface area contributed by atoms with E-state index < -0.39 is 0 Å². The first-order valence-electron chi connectivity index (χ1n) is 4.20. The smallest absolute Gasteiger partial charge is 0.128 e. The maximum absolute atomic E-state index is 13.5. The van der Waals surface area contributed by atoms with Crippen LogP contribution in [0.3, 0.4) is 0 Å². The van der Waals surface area contributed by atoms with Crippen LogP contribution in [0.15, 0.2) is 18.2 Å². The summed E-state index contributed by atoms with van der Waals surface area (Å²) in [6.45, 7) is 0.